The van der Waals surface area contributed by atoms with E-state index in [1.807, 2.05) is 81.4 Å². The molecule has 0 fully saturated rings. The van der Waals surface area contributed by atoms with Crippen molar-refractivity contribution in [2.45, 2.75) is 78.0 Å². The summed E-state index contributed by atoms with van der Waals surface area (Å²) in [5, 5.41) is 14.9. The fourth-order valence-corrected chi connectivity index (χ4v) is 4.19. The number of carbonyl (C=O) groups is 4. The van der Waals surface area contributed by atoms with Crippen molar-refractivity contribution in [3.05, 3.63) is 71.8 Å². The number of nitrogens with one attached hydrogen (secondary N) is 2. The van der Waals surface area contributed by atoms with Crippen molar-refractivity contribution in [1.29, 1.82) is 0 Å². The number of benzene rings is 2. The van der Waals surface area contributed by atoms with Gasteiger partial charge in [0.05, 0.1) is 0 Å². The van der Waals surface area contributed by atoms with Crippen LogP contribution in [-0.4, -0.2) is 64.7 Å². The Morgan fingerprint density at radius 1 is 0.875 bits per heavy atom. The van der Waals surface area contributed by atoms with Crippen molar-refractivity contribution in [3.63, 3.8) is 0 Å². The molecular formula is C31H43N3O6. The van der Waals surface area contributed by atoms with Crippen molar-refractivity contribution in [2.75, 3.05) is 13.1 Å². The molecule has 9 heteroatoms. The summed E-state index contributed by atoms with van der Waals surface area (Å²) in [6.45, 7) is 10.8. The second kappa shape index (κ2) is 15.1. The molecule has 0 bridgehead atoms. The van der Waals surface area contributed by atoms with Crippen LogP contribution in [0, 0.1) is 5.92 Å². The second-order valence-corrected chi connectivity index (χ2v) is 11.5. The fourth-order valence-electron chi connectivity index (χ4n) is 4.19. The highest BCUT2D eigenvalue weighted by molar-refractivity contribution is 5.91. The van der Waals surface area contributed by atoms with E-state index in [1.54, 1.807) is 20.8 Å². The molecular weight excluding hydrogens is 510 g/mol. The molecule has 0 aliphatic rings. The van der Waals surface area contributed by atoms with Crippen LogP contribution in [0.2, 0.25) is 0 Å². The summed E-state index contributed by atoms with van der Waals surface area (Å²) in [4.78, 5) is 52.7. The number of carboxylic acids is 1. The molecule has 2 aromatic carbocycles. The Morgan fingerprint density at radius 3 is 1.98 bits per heavy atom. The van der Waals surface area contributed by atoms with Crippen molar-refractivity contribution in [1.82, 2.24) is 15.5 Å². The first kappa shape index (κ1) is 32.3. The van der Waals surface area contributed by atoms with Crippen LogP contribution >= 0.6 is 0 Å². The van der Waals surface area contributed by atoms with Gasteiger partial charge in [0, 0.05) is 13.0 Å². The third kappa shape index (κ3) is 11.5. The standard InChI is InChI=1S/C31H43N3O6/c1-21(2)17-26(29(37)38)33-28(36)25(18-23-13-9-7-10-14-23)32-27(35)20-34(30(39)40-31(4,5)6)19-22(3)24-15-11-8-12-16-24/h7-16,21-22,25-26H,17-20H2,1-6H3,(H,32,35)(H,33,36)(H,37,38)/t22-,25?,26+/m0/s1. The number of hydrogen-bond donors (Lipinski definition) is 3. The first-order valence-corrected chi connectivity index (χ1v) is 13.6. The lowest BCUT2D eigenvalue weighted by atomic mass is 10.0. The van der Waals surface area contributed by atoms with Crippen molar-refractivity contribution >= 4 is 23.9 Å². The van der Waals surface area contributed by atoms with E-state index >= 15 is 0 Å². The maximum absolute atomic E-state index is 13.3. The predicted molar refractivity (Wildman–Crippen MR) is 154 cm³/mol. The SMILES string of the molecule is CC(C)C[C@@H](NC(=O)C(Cc1ccccc1)NC(=O)CN(C[C@H](C)c1ccccc1)C(=O)OC(C)(C)C)C(=O)O. The number of aliphatic carboxylic acids is 1. The lowest BCUT2D eigenvalue weighted by Crippen LogP contribution is -2.54. The fraction of sp³-hybridized carbons (Fsp3) is 0.484. The number of ether oxygens (including phenoxy) is 1. The molecule has 218 valence electrons. The molecule has 0 saturated carbocycles. The van der Waals surface area contributed by atoms with Crippen molar-refractivity contribution < 1.29 is 29.0 Å². The molecule has 0 spiro atoms. The number of carbonyl (C=O) groups excluding carboxylic acids is 3. The minimum absolute atomic E-state index is 0.0394. The maximum Gasteiger partial charge on any atom is 0.410 e. The number of amides is 3. The molecule has 2 rings (SSSR count). The van der Waals surface area contributed by atoms with E-state index in [9.17, 15) is 24.3 Å². The molecule has 2 aromatic rings. The molecule has 3 amide bonds. The smallest absolute Gasteiger partial charge is 0.410 e. The summed E-state index contributed by atoms with van der Waals surface area (Å²) < 4.78 is 5.56. The third-order valence-corrected chi connectivity index (χ3v) is 6.11. The van der Waals surface area contributed by atoms with E-state index in [1.165, 1.54) is 4.90 Å². The third-order valence-electron chi connectivity index (χ3n) is 6.11. The summed E-state index contributed by atoms with van der Waals surface area (Å²) in [5.41, 5.74) is 1.03. The summed E-state index contributed by atoms with van der Waals surface area (Å²) in [7, 11) is 0. The van der Waals surface area contributed by atoms with E-state index in [0.717, 1.165) is 11.1 Å². The Hall–Kier alpha value is -3.88. The van der Waals surface area contributed by atoms with E-state index in [-0.39, 0.29) is 37.8 Å². The Bertz CT molecular complexity index is 1110. The highest BCUT2D eigenvalue weighted by Crippen LogP contribution is 2.18. The molecule has 0 radical (unpaired) electrons. The Labute approximate surface area is 237 Å². The normalized spacial score (nSPS) is 13.6. The quantitative estimate of drug-likeness (QED) is 0.338. The van der Waals surface area contributed by atoms with Gasteiger partial charge in [-0.25, -0.2) is 9.59 Å². The molecule has 3 atom stereocenters. The van der Waals surface area contributed by atoms with Gasteiger partial charge in [0.2, 0.25) is 11.8 Å². The molecule has 3 N–H and O–H groups in total. The van der Waals surface area contributed by atoms with Gasteiger partial charge in [0.1, 0.15) is 24.2 Å². The molecule has 0 saturated heterocycles. The van der Waals surface area contributed by atoms with Gasteiger partial charge in [-0.3, -0.25) is 14.5 Å². The summed E-state index contributed by atoms with van der Waals surface area (Å²) >= 11 is 0. The van der Waals surface area contributed by atoms with Crippen molar-refractivity contribution in [3.8, 4) is 0 Å². The Balaban J connectivity index is 2.24. The Morgan fingerprint density at radius 2 is 1.45 bits per heavy atom. The van der Waals surface area contributed by atoms with E-state index < -0.39 is 41.6 Å². The van der Waals surface area contributed by atoms with E-state index in [4.69, 9.17) is 4.74 Å². The van der Waals surface area contributed by atoms with Crippen LogP contribution in [0.3, 0.4) is 0 Å². The molecule has 1 unspecified atom stereocenters. The van der Waals surface area contributed by atoms with Crippen LogP contribution in [0.5, 0.6) is 0 Å². The van der Waals surface area contributed by atoms with Gasteiger partial charge in [-0.2, -0.15) is 0 Å². The number of hydrogen-bond acceptors (Lipinski definition) is 5. The monoisotopic (exact) mass is 553 g/mol. The van der Waals surface area contributed by atoms with Gasteiger partial charge in [-0.05, 0) is 50.2 Å². The molecule has 0 aliphatic carbocycles. The summed E-state index contributed by atoms with van der Waals surface area (Å²) in [6.07, 6.45) is -0.242. The molecule has 9 nitrogen and oxygen atoms in total. The van der Waals surface area contributed by atoms with Gasteiger partial charge in [0.25, 0.3) is 0 Å². The molecule has 40 heavy (non-hydrogen) atoms. The number of rotatable bonds is 13. The molecule has 0 aliphatic heterocycles. The highest BCUT2D eigenvalue weighted by Gasteiger charge is 2.30. The van der Waals surface area contributed by atoms with Crippen molar-refractivity contribution in [2.24, 2.45) is 5.92 Å². The van der Waals surface area contributed by atoms with Gasteiger partial charge in [-0.15, -0.1) is 0 Å². The lowest BCUT2D eigenvalue weighted by Gasteiger charge is -2.30. The van der Waals surface area contributed by atoms with Gasteiger partial charge in [0.15, 0.2) is 0 Å². The second-order valence-electron chi connectivity index (χ2n) is 11.5. The average Bonchev–Trinajstić information content (AvgIpc) is 2.87. The zero-order valence-electron chi connectivity index (χ0n) is 24.3. The molecule has 0 aromatic heterocycles. The minimum Gasteiger partial charge on any atom is -0.480 e. The van der Waals surface area contributed by atoms with Crippen LogP contribution < -0.4 is 10.6 Å². The lowest BCUT2D eigenvalue weighted by molar-refractivity contribution is -0.142. The average molecular weight is 554 g/mol. The number of carboxylic acid groups (broad SMARTS) is 1. The van der Waals surface area contributed by atoms with Gasteiger partial charge in [-0.1, -0.05) is 81.4 Å². The summed E-state index contributed by atoms with van der Waals surface area (Å²) in [6, 6.07) is 16.6. The van der Waals surface area contributed by atoms with Crippen LogP contribution in [0.4, 0.5) is 4.79 Å². The topological polar surface area (TPSA) is 125 Å². The summed E-state index contributed by atoms with van der Waals surface area (Å²) in [5.74, 6) is -2.35. The zero-order valence-corrected chi connectivity index (χ0v) is 24.3. The van der Waals surface area contributed by atoms with E-state index in [2.05, 4.69) is 10.6 Å². The zero-order chi connectivity index (χ0) is 29.9. The Kier molecular flexibility index (Phi) is 12.2. The van der Waals surface area contributed by atoms with Crippen LogP contribution in [0.15, 0.2) is 60.7 Å². The van der Waals surface area contributed by atoms with Crippen LogP contribution in [0.1, 0.15) is 65.0 Å². The first-order chi connectivity index (χ1) is 18.7. The largest absolute Gasteiger partial charge is 0.480 e. The molecule has 0 heterocycles. The first-order valence-electron chi connectivity index (χ1n) is 13.6. The minimum atomic E-state index is -1.14. The predicted octanol–water partition coefficient (Wildman–Crippen LogP) is 4.37. The highest BCUT2D eigenvalue weighted by atomic mass is 16.6. The maximum atomic E-state index is 13.3. The van der Waals surface area contributed by atoms with E-state index in [0.29, 0.717) is 0 Å². The van der Waals surface area contributed by atoms with Gasteiger partial charge < -0.3 is 20.5 Å². The van der Waals surface area contributed by atoms with Crippen LogP contribution in [-0.2, 0) is 25.5 Å². The van der Waals surface area contributed by atoms with Crippen LogP contribution in [0.25, 0.3) is 0 Å². The van der Waals surface area contributed by atoms with Gasteiger partial charge >= 0.3 is 12.1 Å². The number of nitrogens with zero attached hydrogens (tertiary/aromatic N) is 1.